The normalized spacial score (nSPS) is 10.5. The van der Waals surface area contributed by atoms with E-state index in [-0.39, 0.29) is 5.78 Å². The van der Waals surface area contributed by atoms with Gasteiger partial charge in [0.05, 0.1) is 0 Å². The van der Waals surface area contributed by atoms with Gasteiger partial charge in [0.15, 0.2) is 5.78 Å². The summed E-state index contributed by atoms with van der Waals surface area (Å²) in [6.45, 7) is 1.90. The van der Waals surface area contributed by atoms with Crippen molar-refractivity contribution < 1.29 is 4.79 Å². The van der Waals surface area contributed by atoms with Crippen molar-refractivity contribution in [2.45, 2.75) is 13.3 Å². The summed E-state index contributed by atoms with van der Waals surface area (Å²) in [4.78, 5) is 13.1. The van der Waals surface area contributed by atoms with Gasteiger partial charge in [-0.05, 0) is 52.7 Å². The van der Waals surface area contributed by atoms with Gasteiger partial charge in [0.25, 0.3) is 0 Å². The third kappa shape index (κ3) is 3.18. The zero-order valence-corrected chi connectivity index (χ0v) is 12.3. The largest absolute Gasteiger partial charge is 0.294 e. The molecule has 0 unspecified atom stereocenters. The van der Waals surface area contributed by atoms with Crippen molar-refractivity contribution in [2.24, 2.45) is 0 Å². The first-order valence-corrected chi connectivity index (χ1v) is 7.13. The molecule has 17 heavy (non-hydrogen) atoms. The van der Waals surface area contributed by atoms with Crippen LogP contribution in [-0.2, 0) is 6.42 Å². The van der Waals surface area contributed by atoms with E-state index in [0.717, 1.165) is 20.5 Å². The Morgan fingerprint density at radius 2 is 2.18 bits per heavy atom. The lowest BCUT2D eigenvalue weighted by molar-refractivity contribution is 0.0994. The van der Waals surface area contributed by atoms with E-state index < -0.39 is 0 Å². The molecule has 0 N–H and O–H groups in total. The van der Waals surface area contributed by atoms with Crippen LogP contribution >= 0.6 is 38.9 Å². The van der Waals surface area contributed by atoms with Crippen LogP contribution in [0, 0.1) is 6.92 Å². The minimum Gasteiger partial charge on any atom is -0.294 e. The number of rotatable bonds is 3. The first-order valence-electron chi connectivity index (χ1n) is 5.08. The summed E-state index contributed by atoms with van der Waals surface area (Å²) in [6, 6.07) is 7.37. The number of aryl methyl sites for hydroxylation is 1. The first kappa shape index (κ1) is 12.8. The molecule has 0 bridgehead atoms. The molecule has 4 heteroatoms. The molecule has 1 aromatic carbocycles. The monoisotopic (exact) mass is 328 g/mol. The number of Topliss-reactive ketones (excluding diaryl/α,β-unsaturated/α-hetero) is 1. The molecule has 0 radical (unpaired) electrons. The van der Waals surface area contributed by atoms with Gasteiger partial charge in [-0.15, -0.1) is 11.3 Å². The van der Waals surface area contributed by atoms with Crippen molar-refractivity contribution in [1.29, 1.82) is 0 Å². The van der Waals surface area contributed by atoms with Crippen molar-refractivity contribution in [1.82, 2.24) is 0 Å². The molecule has 0 aliphatic rings. The van der Waals surface area contributed by atoms with E-state index in [1.54, 1.807) is 23.5 Å². The minimum absolute atomic E-state index is 0.124. The summed E-state index contributed by atoms with van der Waals surface area (Å²) in [5.41, 5.74) is 1.65. The molecular formula is C13H10BrClOS. The van der Waals surface area contributed by atoms with Crippen molar-refractivity contribution in [3.05, 3.63) is 55.1 Å². The molecule has 1 nitrogen and oxygen atoms in total. The van der Waals surface area contributed by atoms with Gasteiger partial charge in [-0.1, -0.05) is 11.6 Å². The summed E-state index contributed by atoms with van der Waals surface area (Å²) in [6.07, 6.45) is 0.442. The van der Waals surface area contributed by atoms with Gasteiger partial charge in [0.1, 0.15) is 0 Å². The van der Waals surface area contributed by atoms with Crippen LogP contribution in [0.1, 0.15) is 20.8 Å². The molecule has 0 saturated heterocycles. The smallest absolute Gasteiger partial charge is 0.168 e. The number of carbonyl (C=O) groups excluding carboxylic acids is 1. The third-order valence-corrected chi connectivity index (χ3v) is 4.56. The molecule has 88 valence electrons. The van der Waals surface area contributed by atoms with Crippen LogP contribution in [0.4, 0.5) is 0 Å². The fourth-order valence-corrected chi connectivity index (χ4v) is 3.09. The Balaban J connectivity index is 2.17. The van der Waals surface area contributed by atoms with E-state index in [9.17, 15) is 4.79 Å². The highest BCUT2D eigenvalue weighted by atomic mass is 79.9. The molecule has 0 atom stereocenters. The van der Waals surface area contributed by atoms with Crippen LogP contribution < -0.4 is 0 Å². The molecule has 1 heterocycles. The molecule has 2 aromatic rings. The third-order valence-electron chi connectivity index (χ3n) is 2.44. The topological polar surface area (TPSA) is 17.1 Å². The fourth-order valence-electron chi connectivity index (χ4n) is 1.52. The molecule has 0 saturated carbocycles. The molecular weight excluding hydrogens is 320 g/mol. The molecule has 0 amide bonds. The zero-order chi connectivity index (χ0) is 12.4. The second-order valence-electron chi connectivity index (χ2n) is 3.80. The summed E-state index contributed by atoms with van der Waals surface area (Å²) in [5, 5.41) is 2.68. The lowest BCUT2D eigenvalue weighted by Gasteiger charge is -2.02. The lowest BCUT2D eigenvalue weighted by Crippen LogP contribution is -2.02. The van der Waals surface area contributed by atoms with E-state index in [2.05, 4.69) is 15.9 Å². The Hall–Kier alpha value is -0.640. The molecule has 1 aromatic heterocycles. The number of hydrogen-bond acceptors (Lipinski definition) is 2. The Morgan fingerprint density at radius 1 is 1.41 bits per heavy atom. The van der Waals surface area contributed by atoms with Gasteiger partial charge in [-0.25, -0.2) is 0 Å². The van der Waals surface area contributed by atoms with Gasteiger partial charge in [0, 0.05) is 31.7 Å². The molecule has 0 fully saturated rings. The molecule has 0 aliphatic heterocycles. The average molecular weight is 330 g/mol. The number of benzene rings is 1. The van der Waals surface area contributed by atoms with E-state index >= 15 is 0 Å². The number of thiophene rings is 1. The van der Waals surface area contributed by atoms with Gasteiger partial charge in [-0.3, -0.25) is 4.79 Å². The summed E-state index contributed by atoms with van der Waals surface area (Å²) in [7, 11) is 0. The summed E-state index contributed by atoms with van der Waals surface area (Å²) >= 11 is 10.9. The number of hydrogen-bond donors (Lipinski definition) is 0. The van der Waals surface area contributed by atoms with E-state index in [4.69, 9.17) is 11.6 Å². The zero-order valence-electron chi connectivity index (χ0n) is 9.17. The van der Waals surface area contributed by atoms with Gasteiger partial charge < -0.3 is 0 Å². The van der Waals surface area contributed by atoms with Crippen molar-refractivity contribution in [3.8, 4) is 0 Å². The van der Waals surface area contributed by atoms with Crippen LogP contribution in [0.2, 0.25) is 5.02 Å². The van der Waals surface area contributed by atoms with Gasteiger partial charge in [-0.2, -0.15) is 0 Å². The minimum atomic E-state index is 0.124. The maximum atomic E-state index is 12.0. The Labute approximate surface area is 118 Å². The number of ketones is 1. The van der Waals surface area contributed by atoms with E-state index in [1.165, 1.54) is 0 Å². The van der Waals surface area contributed by atoms with Crippen molar-refractivity contribution in [2.75, 3.05) is 0 Å². The van der Waals surface area contributed by atoms with Crippen LogP contribution in [0.25, 0.3) is 0 Å². The molecule has 0 aliphatic carbocycles. The van der Waals surface area contributed by atoms with Crippen LogP contribution in [0.3, 0.4) is 0 Å². The quantitative estimate of drug-likeness (QED) is 0.732. The van der Waals surface area contributed by atoms with Gasteiger partial charge >= 0.3 is 0 Å². The SMILES string of the molecule is Cc1cc(C(=O)Cc2cc(Br)cs2)ccc1Cl. The first-order chi connectivity index (χ1) is 8.06. The lowest BCUT2D eigenvalue weighted by atomic mass is 10.1. The Kier molecular flexibility index (Phi) is 4.02. The molecule has 2 rings (SSSR count). The fraction of sp³-hybridized carbons (Fsp3) is 0.154. The van der Waals surface area contributed by atoms with Crippen LogP contribution in [0.5, 0.6) is 0 Å². The maximum Gasteiger partial charge on any atom is 0.168 e. The Bertz CT molecular complexity index is 562. The predicted octanol–water partition coefficient (Wildman–Crippen LogP) is 4.90. The Morgan fingerprint density at radius 3 is 2.76 bits per heavy atom. The van der Waals surface area contributed by atoms with Crippen LogP contribution in [-0.4, -0.2) is 5.78 Å². The number of halogens is 2. The second kappa shape index (κ2) is 5.34. The van der Waals surface area contributed by atoms with Crippen molar-refractivity contribution in [3.63, 3.8) is 0 Å². The summed E-state index contributed by atoms with van der Waals surface area (Å²) in [5.74, 6) is 0.124. The highest BCUT2D eigenvalue weighted by Gasteiger charge is 2.09. The predicted molar refractivity (Wildman–Crippen MR) is 76.2 cm³/mol. The highest BCUT2D eigenvalue weighted by molar-refractivity contribution is 9.10. The standard InChI is InChI=1S/C13H10BrClOS/c1-8-4-9(2-3-12(8)15)13(16)6-11-5-10(14)7-17-11/h2-5,7H,6H2,1H3. The van der Waals surface area contributed by atoms with Gasteiger partial charge in [0.2, 0.25) is 0 Å². The van der Waals surface area contributed by atoms with Crippen molar-refractivity contribution >= 4 is 44.7 Å². The maximum absolute atomic E-state index is 12.0. The number of carbonyl (C=O) groups is 1. The summed E-state index contributed by atoms with van der Waals surface area (Å²) < 4.78 is 1.03. The van der Waals surface area contributed by atoms with E-state index in [0.29, 0.717) is 11.4 Å². The second-order valence-corrected chi connectivity index (χ2v) is 6.11. The molecule has 0 spiro atoms. The average Bonchev–Trinajstić information content (AvgIpc) is 2.68. The highest BCUT2D eigenvalue weighted by Crippen LogP contribution is 2.22. The van der Waals surface area contributed by atoms with Crippen LogP contribution in [0.15, 0.2) is 34.1 Å². The van der Waals surface area contributed by atoms with E-state index in [1.807, 2.05) is 24.4 Å².